The Bertz CT molecular complexity index is 1110. The summed E-state index contributed by atoms with van der Waals surface area (Å²) in [7, 11) is 0. The van der Waals surface area contributed by atoms with Crippen molar-refractivity contribution in [1.29, 1.82) is 0 Å². The Hall–Kier alpha value is -3.02. The van der Waals surface area contributed by atoms with Gasteiger partial charge in [-0.1, -0.05) is 83.9 Å². The minimum absolute atomic E-state index is 0.132. The first-order chi connectivity index (χ1) is 15.5. The number of hydrogen-bond donors (Lipinski definition) is 1. The molecule has 4 rings (SSSR count). The number of halogens is 2. The van der Waals surface area contributed by atoms with Gasteiger partial charge in [-0.2, -0.15) is 0 Å². The highest BCUT2D eigenvalue weighted by Crippen LogP contribution is 2.42. The molecule has 3 aromatic rings. The van der Waals surface area contributed by atoms with Crippen LogP contribution in [0.25, 0.3) is 0 Å². The van der Waals surface area contributed by atoms with Crippen molar-refractivity contribution >= 4 is 40.8 Å². The smallest absolute Gasteiger partial charge is 0.328 e. The number of carbonyl (C=O) groups is 2. The highest BCUT2D eigenvalue weighted by atomic mass is 35.5. The van der Waals surface area contributed by atoms with Crippen LogP contribution in [-0.2, 0) is 32.3 Å². The molecule has 2 atom stereocenters. The molecule has 32 heavy (non-hydrogen) atoms. The maximum absolute atomic E-state index is 13.0. The fourth-order valence-corrected chi connectivity index (χ4v) is 4.31. The van der Waals surface area contributed by atoms with Gasteiger partial charge in [0.05, 0.1) is 5.92 Å². The number of fused-ring (bicyclic) bond motifs is 1. The lowest BCUT2D eigenvalue weighted by Gasteiger charge is -2.31. The Balaban J connectivity index is 1.52. The Morgan fingerprint density at radius 2 is 1.41 bits per heavy atom. The molecule has 0 amide bonds. The molecule has 1 N–H and O–H groups in total. The van der Waals surface area contributed by atoms with E-state index in [0.29, 0.717) is 21.3 Å². The molecule has 0 radical (unpaired) electrons. The van der Waals surface area contributed by atoms with Gasteiger partial charge in [0.2, 0.25) is 0 Å². The normalized spacial score (nSPS) is 17.1. The average Bonchev–Trinajstić information content (AvgIpc) is 2.81. The van der Waals surface area contributed by atoms with Crippen LogP contribution in [-0.4, -0.2) is 18.0 Å². The van der Waals surface area contributed by atoms with Crippen molar-refractivity contribution in [1.82, 2.24) is 0 Å². The summed E-state index contributed by atoms with van der Waals surface area (Å²) in [6, 6.07) is 21.3. The van der Waals surface area contributed by atoms with Crippen molar-refractivity contribution in [2.24, 2.45) is 0 Å². The largest absolute Gasteiger partial charge is 0.460 e. The lowest BCUT2D eigenvalue weighted by atomic mass is 9.86. The zero-order valence-corrected chi connectivity index (χ0v) is 18.6. The summed E-state index contributed by atoms with van der Waals surface area (Å²) in [5.41, 5.74) is 2.84. The number of esters is 2. The minimum atomic E-state index is -0.741. The van der Waals surface area contributed by atoms with Crippen molar-refractivity contribution in [2.45, 2.75) is 31.6 Å². The zero-order chi connectivity index (χ0) is 22.5. The van der Waals surface area contributed by atoms with Crippen LogP contribution >= 0.6 is 23.2 Å². The van der Waals surface area contributed by atoms with Crippen LogP contribution in [0.3, 0.4) is 0 Å². The molecule has 0 aromatic heterocycles. The highest BCUT2D eigenvalue weighted by molar-refractivity contribution is 6.36. The summed E-state index contributed by atoms with van der Waals surface area (Å²) >= 11 is 12.6. The van der Waals surface area contributed by atoms with Gasteiger partial charge in [-0.3, -0.25) is 4.79 Å². The second-order valence-electron chi connectivity index (χ2n) is 7.52. The van der Waals surface area contributed by atoms with Crippen LogP contribution in [0.2, 0.25) is 10.0 Å². The van der Waals surface area contributed by atoms with E-state index < -0.39 is 23.9 Å². The summed E-state index contributed by atoms with van der Waals surface area (Å²) < 4.78 is 11.0. The first-order valence-corrected chi connectivity index (χ1v) is 10.9. The number of rotatable bonds is 6. The van der Waals surface area contributed by atoms with Crippen molar-refractivity contribution in [3.63, 3.8) is 0 Å². The van der Waals surface area contributed by atoms with Crippen molar-refractivity contribution in [3.8, 4) is 0 Å². The van der Waals surface area contributed by atoms with E-state index in [1.807, 2.05) is 60.7 Å². The second kappa shape index (κ2) is 10.1. The minimum Gasteiger partial charge on any atom is -0.460 e. The van der Waals surface area contributed by atoms with Crippen molar-refractivity contribution < 1.29 is 19.1 Å². The number of carbonyl (C=O) groups excluding carboxylic acids is 2. The lowest BCUT2D eigenvalue weighted by Crippen LogP contribution is -2.39. The quantitative estimate of drug-likeness (QED) is 0.465. The first kappa shape index (κ1) is 22.2. The summed E-state index contributed by atoms with van der Waals surface area (Å²) in [6.07, 6.45) is 0.162. The maximum Gasteiger partial charge on any atom is 0.328 e. The van der Waals surface area contributed by atoms with Gasteiger partial charge in [-0.25, -0.2) is 4.79 Å². The van der Waals surface area contributed by atoms with Gasteiger partial charge in [-0.15, -0.1) is 0 Å². The van der Waals surface area contributed by atoms with Crippen LogP contribution in [0.4, 0.5) is 5.69 Å². The van der Waals surface area contributed by atoms with Crippen molar-refractivity contribution in [2.75, 3.05) is 5.32 Å². The molecule has 0 bridgehead atoms. The molecule has 1 aliphatic heterocycles. The first-order valence-electron chi connectivity index (χ1n) is 10.2. The Morgan fingerprint density at radius 3 is 2.00 bits per heavy atom. The van der Waals surface area contributed by atoms with E-state index in [4.69, 9.17) is 32.7 Å². The third-order valence-electron chi connectivity index (χ3n) is 5.26. The third-order valence-corrected chi connectivity index (χ3v) is 5.79. The molecular formula is C25H21Cl2NO4. The molecule has 0 aliphatic carbocycles. The lowest BCUT2D eigenvalue weighted by molar-refractivity contribution is -0.149. The van der Waals surface area contributed by atoms with Gasteiger partial charge in [0.25, 0.3) is 0 Å². The Kier molecular flexibility index (Phi) is 6.98. The molecule has 1 aliphatic rings. The van der Waals surface area contributed by atoms with E-state index >= 15 is 0 Å². The average molecular weight is 470 g/mol. The van der Waals surface area contributed by atoms with Gasteiger partial charge >= 0.3 is 11.9 Å². The summed E-state index contributed by atoms with van der Waals surface area (Å²) in [5, 5.41) is 3.87. The SMILES string of the molecule is O=C(OCc1ccccc1)[C@@H]1C[C@@H](C(=O)OCc2ccccc2)c2c(Cl)cc(Cl)cc2N1. The zero-order valence-electron chi connectivity index (χ0n) is 17.1. The molecule has 0 spiro atoms. The van der Waals surface area contributed by atoms with Gasteiger partial charge in [0.15, 0.2) is 0 Å². The molecule has 164 valence electrons. The van der Waals surface area contributed by atoms with Gasteiger partial charge < -0.3 is 14.8 Å². The van der Waals surface area contributed by atoms with Crippen LogP contribution < -0.4 is 5.32 Å². The molecule has 0 unspecified atom stereocenters. The predicted octanol–water partition coefficient (Wildman–Crippen LogP) is 5.75. The topological polar surface area (TPSA) is 64.6 Å². The Morgan fingerprint density at radius 1 is 0.844 bits per heavy atom. The fourth-order valence-electron chi connectivity index (χ4n) is 3.69. The molecule has 0 fully saturated rings. The molecule has 5 nitrogen and oxygen atoms in total. The van der Waals surface area contributed by atoms with E-state index in [9.17, 15) is 9.59 Å². The highest BCUT2D eigenvalue weighted by Gasteiger charge is 2.38. The van der Waals surface area contributed by atoms with Crippen LogP contribution in [0.5, 0.6) is 0 Å². The molecule has 0 saturated carbocycles. The maximum atomic E-state index is 13.0. The molecule has 7 heteroatoms. The third kappa shape index (κ3) is 5.23. The summed E-state index contributed by atoms with van der Waals surface area (Å²) in [6.45, 7) is 0.275. The molecule has 0 saturated heterocycles. The number of ether oxygens (including phenoxy) is 2. The number of nitrogens with one attached hydrogen (secondary N) is 1. The number of hydrogen-bond acceptors (Lipinski definition) is 5. The van der Waals surface area contributed by atoms with E-state index in [1.165, 1.54) is 0 Å². The van der Waals surface area contributed by atoms with Gasteiger partial charge in [-0.05, 0) is 29.7 Å². The van der Waals surface area contributed by atoms with Crippen LogP contribution in [0, 0.1) is 0 Å². The summed E-state index contributed by atoms with van der Waals surface area (Å²) in [4.78, 5) is 25.8. The van der Waals surface area contributed by atoms with Gasteiger partial charge in [0, 0.05) is 21.3 Å². The molecular weight excluding hydrogens is 449 g/mol. The molecule has 3 aromatic carbocycles. The monoisotopic (exact) mass is 469 g/mol. The predicted molar refractivity (Wildman–Crippen MR) is 124 cm³/mol. The van der Waals surface area contributed by atoms with Crippen LogP contribution in [0.1, 0.15) is 29.0 Å². The van der Waals surface area contributed by atoms with E-state index in [-0.39, 0.29) is 19.6 Å². The van der Waals surface area contributed by atoms with E-state index in [1.54, 1.807) is 12.1 Å². The van der Waals surface area contributed by atoms with Gasteiger partial charge in [0.1, 0.15) is 19.3 Å². The Labute approximate surface area is 196 Å². The number of anilines is 1. The van der Waals surface area contributed by atoms with Crippen LogP contribution in [0.15, 0.2) is 72.8 Å². The molecule has 1 heterocycles. The standard InChI is InChI=1S/C25H21Cl2NO4/c26-18-11-20(27)23-19(24(29)31-14-16-7-3-1-4-8-16)13-22(28-21(23)12-18)25(30)32-15-17-9-5-2-6-10-17/h1-12,19,22,28H,13-15H2/t19-,22+/m1/s1. The second-order valence-corrected chi connectivity index (χ2v) is 8.36. The summed E-state index contributed by atoms with van der Waals surface area (Å²) in [5.74, 6) is -1.65. The van der Waals surface area contributed by atoms with E-state index in [0.717, 1.165) is 11.1 Å². The van der Waals surface area contributed by atoms with Crippen molar-refractivity contribution in [3.05, 3.63) is 99.5 Å². The van der Waals surface area contributed by atoms with E-state index in [2.05, 4.69) is 5.32 Å². The fraction of sp³-hybridized carbons (Fsp3) is 0.200. The number of benzene rings is 3.